The van der Waals surface area contributed by atoms with Gasteiger partial charge in [-0.2, -0.15) is 0 Å². The molecule has 0 aliphatic carbocycles. The molecule has 0 bridgehead atoms. The molecule has 0 amide bonds. The van der Waals surface area contributed by atoms with Gasteiger partial charge in [0.1, 0.15) is 12.3 Å². The molecular weight excluding hydrogens is 469 g/mol. The second kappa shape index (κ2) is 11.1. The molecule has 1 aliphatic heterocycles. The van der Waals surface area contributed by atoms with Crippen molar-refractivity contribution in [1.29, 1.82) is 0 Å². The first-order valence-electron chi connectivity index (χ1n) is 9.60. The van der Waals surface area contributed by atoms with E-state index in [1.807, 2.05) is 18.2 Å². The predicted octanol–water partition coefficient (Wildman–Crippen LogP) is 3.15. The van der Waals surface area contributed by atoms with Gasteiger partial charge in [-0.05, 0) is 25.5 Å². The van der Waals surface area contributed by atoms with Gasteiger partial charge in [0.25, 0.3) is 0 Å². The largest absolute Gasteiger partial charge is 0.497 e. The Morgan fingerprint density at radius 2 is 2.00 bits per heavy atom. The van der Waals surface area contributed by atoms with Crippen molar-refractivity contribution >= 4 is 35.6 Å². The lowest BCUT2D eigenvalue weighted by atomic mass is 10.2. The number of ether oxygens (including phenoxy) is 1. The number of methoxy groups -OCH3 is 1. The SMILES string of the molecule is CCNC(=NCc1cc(CC)no1)N1CCN(c2cccc(OC)c2)CC1.I. The van der Waals surface area contributed by atoms with E-state index in [-0.39, 0.29) is 24.0 Å². The molecule has 1 aromatic heterocycles. The number of hydrogen-bond acceptors (Lipinski definition) is 5. The van der Waals surface area contributed by atoms with Gasteiger partial charge in [-0.15, -0.1) is 24.0 Å². The van der Waals surface area contributed by atoms with Gasteiger partial charge in [0.2, 0.25) is 0 Å². The molecule has 1 aliphatic rings. The lowest BCUT2D eigenvalue weighted by Crippen LogP contribution is -2.52. The van der Waals surface area contributed by atoms with Gasteiger partial charge in [0.05, 0.1) is 12.8 Å². The van der Waals surface area contributed by atoms with Gasteiger partial charge in [-0.25, -0.2) is 4.99 Å². The lowest BCUT2D eigenvalue weighted by Gasteiger charge is -2.37. The van der Waals surface area contributed by atoms with Crippen LogP contribution in [0.15, 0.2) is 39.8 Å². The normalized spacial score (nSPS) is 14.6. The first-order valence-corrected chi connectivity index (χ1v) is 9.60. The number of benzene rings is 1. The summed E-state index contributed by atoms with van der Waals surface area (Å²) in [7, 11) is 1.70. The first-order chi connectivity index (χ1) is 13.2. The summed E-state index contributed by atoms with van der Waals surface area (Å²) in [5, 5.41) is 7.43. The molecular formula is C20H30IN5O2. The van der Waals surface area contributed by atoms with E-state index in [0.29, 0.717) is 6.54 Å². The van der Waals surface area contributed by atoms with Crippen LogP contribution in [0.3, 0.4) is 0 Å². The highest BCUT2D eigenvalue weighted by Gasteiger charge is 2.20. The van der Waals surface area contributed by atoms with Crippen molar-refractivity contribution in [3.05, 3.63) is 41.8 Å². The Labute approximate surface area is 184 Å². The molecule has 154 valence electrons. The zero-order chi connectivity index (χ0) is 19.1. The van der Waals surface area contributed by atoms with Crippen LogP contribution in [0.1, 0.15) is 25.3 Å². The van der Waals surface area contributed by atoms with Crippen LogP contribution < -0.4 is 15.0 Å². The van der Waals surface area contributed by atoms with E-state index in [4.69, 9.17) is 14.3 Å². The number of aromatic nitrogens is 1. The fourth-order valence-electron chi connectivity index (χ4n) is 3.16. The molecule has 2 aromatic rings. The van der Waals surface area contributed by atoms with Crippen molar-refractivity contribution in [2.45, 2.75) is 26.8 Å². The Balaban J connectivity index is 0.00000280. The Hall–Kier alpha value is -1.97. The van der Waals surface area contributed by atoms with Crippen molar-refractivity contribution in [1.82, 2.24) is 15.4 Å². The van der Waals surface area contributed by atoms with Crippen molar-refractivity contribution in [2.24, 2.45) is 4.99 Å². The van der Waals surface area contributed by atoms with E-state index in [9.17, 15) is 0 Å². The van der Waals surface area contributed by atoms with Crippen LogP contribution in [-0.2, 0) is 13.0 Å². The number of hydrogen-bond donors (Lipinski definition) is 1. The number of piperazine rings is 1. The maximum Gasteiger partial charge on any atom is 0.194 e. The van der Waals surface area contributed by atoms with Gasteiger partial charge in [0.15, 0.2) is 11.7 Å². The predicted molar refractivity (Wildman–Crippen MR) is 123 cm³/mol. The van der Waals surface area contributed by atoms with Gasteiger partial charge < -0.3 is 24.4 Å². The molecule has 1 aromatic carbocycles. The van der Waals surface area contributed by atoms with Crippen LogP contribution in [0.2, 0.25) is 0 Å². The fraction of sp³-hybridized carbons (Fsp3) is 0.500. The average Bonchev–Trinajstić information content (AvgIpc) is 3.19. The second-order valence-corrected chi connectivity index (χ2v) is 6.48. The van der Waals surface area contributed by atoms with Crippen LogP contribution in [0.5, 0.6) is 5.75 Å². The van der Waals surface area contributed by atoms with E-state index >= 15 is 0 Å². The van der Waals surface area contributed by atoms with E-state index < -0.39 is 0 Å². The second-order valence-electron chi connectivity index (χ2n) is 6.48. The minimum atomic E-state index is 0. The fourth-order valence-corrected chi connectivity index (χ4v) is 3.16. The van der Waals surface area contributed by atoms with Gasteiger partial charge in [-0.3, -0.25) is 0 Å². The molecule has 0 saturated carbocycles. The highest BCUT2D eigenvalue weighted by atomic mass is 127. The summed E-state index contributed by atoms with van der Waals surface area (Å²) < 4.78 is 10.7. The molecule has 28 heavy (non-hydrogen) atoms. The lowest BCUT2D eigenvalue weighted by molar-refractivity contribution is 0.364. The molecule has 1 saturated heterocycles. The molecule has 0 spiro atoms. The highest BCUT2D eigenvalue weighted by molar-refractivity contribution is 14.0. The van der Waals surface area contributed by atoms with Crippen molar-refractivity contribution in [3.8, 4) is 5.75 Å². The third-order valence-corrected chi connectivity index (χ3v) is 4.69. The topological polar surface area (TPSA) is 66.1 Å². The van der Waals surface area contributed by atoms with Gasteiger partial charge >= 0.3 is 0 Å². The Morgan fingerprint density at radius 3 is 2.64 bits per heavy atom. The van der Waals surface area contributed by atoms with E-state index in [1.54, 1.807) is 7.11 Å². The smallest absolute Gasteiger partial charge is 0.194 e. The van der Waals surface area contributed by atoms with Crippen molar-refractivity contribution in [3.63, 3.8) is 0 Å². The molecule has 1 N–H and O–H groups in total. The van der Waals surface area contributed by atoms with Crippen LogP contribution in [0.25, 0.3) is 0 Å². The Morgan fingerprint density at radius 1 is 1.21 bits per heavy atom. The zero-order valence-corrected chi connectivity index (χ0v) is 19.2. The zero-order valence-electron chi connectivity index (χ0n) is 16.9. The van der Waals surface area contributed by atoms with E-state index in [0.717, 1.165) is 62.3 Å². The average molecular weight is 499 g/mol. The van der Waals surface area contributed by atoms with Crippen LogP contribution in [-0.4, -0.2) is 55.8 Å². The molecule has 2 heterocycles. The maximum absolute atomic E-state index is 5.34. The molecule has 1 fully saturated rings. The molecule has 7 nitrogen and oxygen atoms in total. The van der Waals surface area contributed by atoms with Crippen LogP contribution in [0, 0.1) is 0 Å². The molecule has 0 radical (unpaired) electrons. The Bertz CT molecular complexity index is 757. The third-order valence-electron chi connectivity index (χ3n) is 4.69. The number of anilines is 1. The molecule has 0 atom stereocenters. The minimum Gasteiger partial charge on any atom is -0.497 e. The number of rotatable bonds is 6. The third kappa shape index (κ3) is 5.76. The van der Waals surface area contributed by atoms with Crippen LogP contribution in [0.4, 0.5) is 5.69 Å². The minimum absolute atomic E-state index is 0. The number of halogens is 1. The molecule has 8 heteroatoms. The summed E-state index contributed by atoms with van der Waals surface area (Å²) in [4.78, 5) is 9.42. The maximum atomic E-state index is 5.34. The summed E-state index contributed by atoms with van der Waals surface area (Å²) in [6.45, 7) is 9.22. The van der Waals surface area contributed by atoms with Gasteiger partial charge in [-0.1, -0.05) is 18.1 Å². The van der Waals surface area contributed by atoms with E-state index in [2.05, 4.69) is 46.3 Å². The Kier molecular flexibility index (Phi) is 8.88. The monoisotopic (exact) mass is 499 g/mol. The summed E-state index contributed by atoms with van der Waals surface area (Å²) in [5.41, 5.74) is 2.17. The molecule has 3 rings (SSSR count). The number of nitrogens with zero attached hydrogens (tertiary/aromatic N) is 4. The molecule has 0 unspecified atom stereocenters. The quantitative estimate of drug-likeness (QED) is 0.375. The standard InChI is InChI=1S/C20H29N5O2.HI/c1-4-16-13-19(27-23-16)15-22-20(21-5-2)25-11-9-24(10-12-25)17-7-6-8-18(14-17)26-3;/h6-8,13-14H,4-5,9-12,15H2,1-3H3,(H,21,22);1H. The van der Waals surface area contributed by atoms with Crippen molar-refractivity contribution in [2.75, 3.05) is 44.7 Å². The van der Waals surface area contributed by atoms with Gasteiger partial charge in [0, 0.05) is 50.5 Å². The van der Waals surface area contributed by atoms with Crippen LogP contribution >= 0.6 is 24.0 Å². The number of aliphatic imine (C=N–C) groups is 1. The number of aryl methyl sites for hydroxylation is 1. The summed E-state index contributed by atoms with van der Waals surface area (Å²) in [6, 6.07) is 10.2. The van der Waals surface area contributed by atoms with E-state index in [1.165, 1.54) is 5.69 Å². The first kappa shape index (κ1) is 22.3. The summed E-state index contributed by atoms with van der Waals surface area (Å²) >= 11 is 0. The number of nitrogens with one attached hydrogen (secondary N) is 1. The number of guanidine groups is 1. The van der Waals surface area contributed by atoms with Crippen molar-refractivity contribution < 1.29 is 9.26 Å². The summed E-state index contributed by atoms with van der Waals surface area (Å²) in [5.74, 6) is 2.62. The summed E-state index contributed by atoms with van der Waals surface area (Å²) in [6.07, 6.45) is 0.875. The highest BCUT2D eigenvalue weighted by Crippen LogP contribution is 2.22.